The molecule has 2 nitrogen and oxygen atoms in total. The first-order chi connectivity index (χ1) is 7.05. The molecule has 0 atom stereocenters. The average molecular weight is 214 g/mol. The number of hydrogen-bond donors (Lipinski definition) is 1. The van der Waals surface area contributed by atoms with Gasteiger partial charge >= 0.3 is 0 Å². The van der Waals surface area contributed by atoms with Crippen LogP contribution in [0.15, 0.2) is 0 Å². The predicted octanol–water partition coefficient (Wildman–Crippen LogP) is 2.74. The summed E-state index contributed by atoms with van der Waals surface area (Å²) in [5.41, 5.74) is 0.389. The number of rotatable bonds is 9. The molecule has 2 heteroatoms. The molecule has 0 amide bonds. The van der Waals surface area contributed by atoms with Gasteiger partial charge in [-0.3, -0.25) is 0 Å². The van der Waals surface area contributed by atoms with Crippen LogP contribution in [0.2, 0.25) is 0 Å². The highest BCUT2D eigenvalue weighted by Gasteiger charge is 2.20. The first-order valence-electron chi connectivity index (χ1n) is 6.48. The van der Waals surface area contributed by atoms with Crippen molar-refractivity contribution in [3.63, 3.8) is 0 Å². The molecule has 0 rings (SSSR count). The Morgan fingerprint density at radius 2 is 1.53 bits per heavy atom. The third kappa shape index (κ3) is 7.80. The van der Waals surface area contributed by atoms with Crippen molar-refractivity contribution < 1.29 is 0 Å². The van der Waals surface area contributed by atoms with Crippen LogP contribution in [0.1, 0.15) is 47.5 Å². The second kappa shape index (κ2) is 8.12. The quantitative estimate of drug-likeness (QED) is 0.635. The normalized spacial score (nSPS) is 12.4. The Morgan fingerprint density at radius 1 is 1.00 bits per heavy atom. The lowest BCUT2D eigenvalue weighted by atomic mass is 9.92. The lowest BCUT2D eigenvalue weighted by Gasteiger charge is -2.32. The number of hydrogen-bond acceptors (Lipinski definition) is 2. The second-order valence-corrected chi connectivity index (χ2v) is 5.22. The van der Waals surface area contributed by atoms with Gasteiger partial charge in [0.1, 0.15) is 0 Å². The van der Waals surface area contributed by atoms with Gasteiger partial charge in [0.25, 0.3) is 0 Å². The molecule has 0 aliphatic rings. The zero-order valence-corrected chi connectivity index (χ0v) is 11.4. The maximum atomic E-state index is 3.45. The van der Waals surface area contributed by atoms with Crippen LogP contribution in [0, 0.1) is 5.41 Å². The molecule has 0 aromatic carbocycles. The van der Waals surface area contributed by atoms with Gasteiger partial charge in [0, 0.05) is 13.1 Å². The zero-order valence-electron chi connectivity index (χ0n) is 11.4. The summed E-state index contributed by atoms with van der Waals surface area (Å²) >= 11 is 0. The lowest BCUT2D eigenvalue weighted by molar-refractivity contribution is 0.175. The first-order valence-corrected chi connectivity index (χ1v) is 6.48. The second-order valence-electron chi connectivity index (χ2n) is 5.22. The monoisotopic (exact) mass is 214 g/mol. The van der Waals surface area contributed by atoms with Gasteiger partial charge < -0.3 is 10.2 Å². The van der Waals surface area contributed by atoms with Crippen LogP contribution in [-0.2, 0) is 0 Å². The van der Waals surface area contributed by atoms with Crippen LogP contribution in [0.5, 0.6) is 0 Å². The Labute approximate surface area is 96.4 Å². The largest absolute Gasteiger partial charge is 0.316 e. The van der Waals surface area contributed by atoms with E-state index in [-0.39, 0.29) is 0 Å². The molecule has 0 bridgehead atoms. The van der Waals surface area contributed by atoms with E-state index in [1.807, 2.05) is 0 Å². The highest BCUT2D eigenvalue weighted by atomic mass is 15.1. The molecule has 0 fully saturated rings. The molecule has 0 saturated carbocycles. The van der Waals surface area contributed by atoms with Gasteiger partial charge in [-0.1, -0.05) is 34.6 Å². The van der Waals surface area contributed by atoms with Gasteiger partial charge in [-0.2, -0.15) is 0 Å². The van der Waals surface area contributed by atoms with Crippen molar-refractivity contribution in [2.45, 2.75) is 47.5 Å². The summed E-state index contributed by atoms with van der Waals surface area (Å²) in [5.74, 6) is 0. The van der Waals surface area contributed by atoms with Crippen LogP contribution >= 0.6 is 0 Å². The van der Waals surface area contributed by atoms with Crippen LogP contribution in [0.3, 0.4) is 0 Å². The fourth-order valence-corrected chi connectivity index (χ4v) is 2.03. The summed E-state index contributed by atoms with van der Waals surface area (Å²) in [6.45, 7) is 17.3. The standard InChI is InChI=1S/C13H30N2/c1-6-9-15(10-7-2)12-13(4,5)11-14-8-3/h14H,6-12H2,1-5H3. The molecule has 0 unspecified atom stereocenters. The van der Waals surface area contributed by atoms with Crippen molar-refractivity contribution in [1.82, 2.24) is 10.2 Å². The third-order valence-electron chi connectivity index (χ3n) is 2.58. The summed E-state index contributed by atoms with van der Waals surface area (Å²) < 4.78 is 0. The van der Waals surface area contributed by atoms with E-state index in [1.54, 1.807) is 0 Å². The van der Waals surface area contributed by atoms with Crippen molar-refractivity contribution in [1.29, 1.82) is 0 Å². The van der Waals surface area contributed by atoms with E-state index >= 15 is 0 Å². The van der Waals surface area contributed by atoms with Gasteiger partial charge in [-0.25, -0.2) is 0 Å². The smallest absolute Gasteiger partial charge is 0.00448 e. The summed E-state index contributed by atoms with van der Waals surface area (Å²) in [5, 5.41) is 3.45. The molecule has 0 aromatic heterocycles. The van der Waals surface area contributed by atoms with Gasteiger partial charge in [0.2, 0.25) is 0 Å². The molecule has 92 valence electrons. The summed E-state index contributed by atoms with van der Waals surface area (Å²) in [4.78, 5) is 2.59. The topological polar surface area (TPSA) is 15.3 Å². The third-order valence-corrected chi connectivity index (χ3v) is 2.58. The summed E-state index contributed by atoms with van der Waals surface area (Å²) in [6.07, 6.45) is 2.52. The minimum atomic E-state index is 0.389. The highest BCUT2D eigenvalue weighted by molar-refractivity contribution is 4.76. The molecule has 0 saturated heterocycles. The van der Waals surface area contributed by atoms with E-state index in [9.17, 15) is 0 Å². The SMILES string of the molecule is CCCN(CCC)CC(C)(C)CNCC. The molecule has 0 spiro atoms. The predicted molar refractivity (Wildman–Crippen MR) is 69.3 cm³/mol. The Balaban J connectivity index is 3.99. The van der Waals surface area contributed by atoms with E-state index in [1.165, 1.54) is 32.5 Å². The van der Waals surface area contributed by atoms with Gasteiger partial charge in [-0.05, 0) is 37.9 Å². The fourth-order valence-electron chi connectivity index (χ4n) is 2.03. The number of nitrogens with one attached hydrogen (secondary N) is 1. The van der Waals surface area contributed by atoms with E-state index in [0.29, 0.717) is 5.41 Å². The lowest BCUT2D eigenvalue weighted by Crippen LogP contribution is -2.41. The van der Waals surface area contributed by atoms with Gasteiger partial charge in [-0.15, -0.1) is 0 Å². The summed E-state index contributed by atoms with van der Waals surface area (Å²) in [6, 6.07) is 0. The van der Waals surface area contributed by atoms with Crippen LogP contribution in [0.4, 0.5) is 0 Å². The van der Waals surface area contributed by atoms with Crippen LogP contribution < -0.4 is 5.32 Å². The van der Waals surface area contributed by atoms with Crippen molar-refractivity contribution in [3.05, 3.63) is 0 Å². The molecular weight excluding hydrogens is 184 g/mol. The minimum absolute atomic E-state index is 0.389. The van der Waals surface area contributed by atoms with Crippen molar-refractivity contribution in [2.75, 3.05) is 32.7 Å². The molecular formula is C13H30N2. The van der Waals surface area contributed by atoms with Crippen molar-refractivity contribution >= 4 is 0 Å². The van der Waals surface area contributed by atoms with Gasteiger partial charge in [0.15, 0.2) is 0 Å². The molecule has 15 heavy (non-hydrogen) atoms. The van der Waals surface area contributed by atoms with Crippen LogP contribution in [-0.4, -0.2) is 37.6 Å². The summed E-state index contributed by atoms with van der Waals surface area (Å²) in [7, 11) is 0. The molecule has 0 heterocycles. The fraction of sp³-hybridized carbons (Fsp3) is 1.00. The Bertz CT molecular complexity index is 137. The molecule has 0 radical (unpaired) electrons. The van der Waals surface area contributed by atoms with E-state index in [0.717, 1.165) is 13.1 Å². The zero-order chi connectivity index (χ0) is 11.7. The molecule has 0 aromatic rings. The maximum absolute atomic E-state index is 3.45. The highest BCUT2D eigenvalue weighted by Crippen LogP contribution is 2.16. The van der Waals surface area contributed by atoms with E-state index < -0.39 is 0 Å². The number of nitrogens with zero attached hydrogens (tertiary/aromatic N) is 1. The molecule has 1 N–H and O–H groups in total. The molecule has 0 aliphatic heterocycles. The average Bonchev–Trinajstić information content (AvgIpc) is 2.15. The van der Waals surface area contributed by atoms with Crippen LogP contribution in [0.25, 0.3) is 0 Å². The Kier molecular flexibility index (Phi) is 8.07. The Hall–Kier alpha value is -0.0800. The Morgan fingerprint density at radius 3 is 1.93 bits per heavy atom. The van der Waals surface area contributed by atoms with Gasteiger partial charge in [0.05, 0.1) is 0 Å². The first kappa shape index (κ1) is 14.9. The molecule has 0 aliphatic carbocycles. The van der Waals surface area contributed by atoms with E-state index in [4.69, 9.17) is 0 Å². The van der Waals surface area contributed by atoms with Crippen molar-refractivity contribution in [2.24, 2.45) is 5.41 Å². The minimum Gasteiger partial charge on any atom is -0.316 e. The van der Waals surface area contributed by atoms with E-state index in [2.05, 4.69) is 44.8 Å². The maximum Gasteiger partial charge on any atom is 0.00448 e. The van der Waals surface area contributed by atoms with Crippen molar-refractivity contribution in [3.8, 4) is 0 Å².